The Bertz CT molecular complexity index is 1500. The second-order valence-electron chi connectivity index (χ2n) is 19.0. The van der Waals surface area contributed by atoms with Gasteiger partial charge in [-0.15, -0.1) is 0 Å². The highest BCUT2D eigenvalue weighted by molar-refractivity contribution is 5.79. The Morgan fingerprint density at radius 1 is 0.727 bits per heavy atom. The summed E-state index contributed by atoms with van der Waals surface area (Å²) < 4.78 is 72.8. The van der Waals surface area contributed by atoms with Crippen molar-refractivity contribution in [2.24, 2.45) is 11.8 Å². The van der Waals surface area contributed by atoms with Crippen LogP contribution in [0.4, 0.5) is 0 Å². The lowest BCUT2D eigenvalue weighted by Gasteiger charge is -2.47. The van der Waals surface area contributed by atoms with Crippen molar-refractivity contribution in [1.82, 2.24) is 0 Å². The maximum absolute atomic E-state index is 14.2. The number of hydrogen-bond acceptors (Lipinski definition) is 12. The summed E-state index contributed by atoms with van der Waals surface area (Å²) >= 11 is 0. The predicted octanol–water partition coefficient (Wildman–Crippen LogP) is 5.27. The average Bonchev–Trinajstić information content (AvgIpc) is 3.90. The molecule has 0 amide bonds. The number of carbonyl (C=O) groups excluding carboxylic acids is 1. The van der Waals surface area contributed by atoms with Crippen molar-refractivity contribution in [3.63, 3.8) is 0 Å². The number of hydrogen-bond donors (Lipinski definition) is 0. The molecule has 19 atom stereocenters. The van der Waals surface area contributed by atoms with Crippen LogP contribution in [0.15, 0.2) is 24.3 Å². The van der Waals surface area contributed by atoms with Crippen molar-refractivity contribution < 1.29 is 56.9 Å². The van der Waals surface area contributed by atoms with Crippen molar-refractivity contribution in [2.75, 3.05) is 13.7 Å². The molecule has 55 heavy (non-hydrogen) atoms. The number of methoxy groups -OCH3 is 1. The van der Waals surface area contributed by atoms with Gasteiger partial charge in [-0.2, -0.15) is 0 Å². The minimum atomic E-state index is -0.772. The third-order valence-electron chi connectivity index (χ3n) is 14.8. The van der Waals surface area contributed by atoms with Crippen LogP contribution in [0.2, 0.25) is 0 Å². The van der Waals surface area contributed by atoms with Crippen LogP contribution < -0.4 is 0 Å². The summed E-state index contributed by atoms with van der Waals surface area (Å²) in [6.45, 7) is 15.6. The molecule has 0 aromatic carbocycles. The fraction of sp³-hybridized carbons (Fsp3) is 0.884. The Labute approximate surface area is 325 Å². The smallest absolute Gasteiger partial charge is 0.172 e. The maximum Gasteiger partial charge on any atom is 0.172 e. The first-order chi connectivity index (χ1) is 26.4. The van der Waals surface area contributed by atoms with Gasteiger partial charge < -0.3 is 52.1 Å². The minimum absolute atomic E-state index is 0.00392. The molecular weight excluding hydrogens is 708 g/mol. The molecule has 11 aliphatic rings. The van der Waals surface area contributed by atoms with Gasteiger partial charge in [0.1, 0.15) is 36.3 Å². The van der Waals surface area contributed by atoms with Crippen molar-refractivity contribution >= 4 is 5.78 Å². The summed E-state index contributed by atoms with van der Waals surface area (Å²) in [4.78, 5) is 14.2. The van der Waals surface area contributed by atoms with Gasteiger partial charge in [0.15, 0.2) is 11.6 Å². The van der Waals surface area contributed by atoms with Gasteiger partial charge in [-0.1, -0.05) is 20.1 Å². The van der Waals surface area contributed by atoms with E-state index in [0.29, 0.717) is 51.0 Å². The summed E-state index contributed by atoms with van der Waals surface area (Å²) in [5.74, 6) is -1.13. The average molecular weight is 771 g/mol. The Morgan fingerprint density at radius 3 is 2.31 bits per heavy atom. The molecule has 0 aliphatic carbocycles. The number of fused-ring (bicyclic) bond motifs is 6. The lowest BCUT2D eigenvalue weighted by molar-refractivity contribution is -0.292. The van der Waals surface area contributed by atoms with Crippen LogP contribution in [-0.4, -0.2) is 129 Å². The molecule has 12 bridgehead atoms. The molecule has 306 valence electrons. The van der Waals surface area contributed by atoms with Crippen LogP contribution in [0.1, 0.15) is 104 Å². The molecule has 0 saturated carbocycles. The van der Waals surface area contributed by atoms with Gasteiger partial charge in [0.2, 0.25) is 0 Å². The molecule has 0 radical (unpaired) electrons. The highest BCUT2D eigenvalue weighted by Crippen LogP contribution is 2.54. The van der Waals surface area contributed by atoms with Gasteiger partial charge in [-0.3, -0.25) is 4.79 Å². The first-order valence-electron chi connectivity index (χ1n) is 21.4. The van der Waals surface area contributed by atoms with E-state index in [4.69, 9.17) is 52.1 Å². The number of Topliss-reactive ketones (excluding diaryl/α,β-unsaturated/α-hetero) is 1. The first kappa shape index (κ1) is 37.9. The molecule has 0 N–H and O–H groups in total. The highest BCUT2D eigenvalue weighted by atomic mass is 16.8. The van der Waals surface area contributed by atoms with E-state index in [-0.39, 0.29) is 109 Å². The Balaban J connectivity index is 0.924. The van der Waals surface area contributed by atoms with Crippen LogP contribution in [0.5, 0.6) is 0 Å². The third-order valence-corrected chi connectivity index (χ3v) is 14.8. The number of ether oxygens (including phenoxy) is 11. The maximum atomic E-state index is 14.2. The zero-order valence-electron chi connectivity index (χ0n) is 33.1. The van der Waals surface area contributed by atoms with Crippen LogP contribution in [0.25, 0.3) is 0 Å². The van der Waals surface area contributed by atoms with E-state index in [1.165, 1.54) is 0 Å². The van der Waals surface area contributed by atoms with Gasteiger partial charge in [0.05, 0.1) is 73.8 Å². The molecule has 11 rings (SSSR count). The Morgan fingerprint density at radius 2 is 1.49 bits per heavy atom. The molecule has 1 spiro atoms. The molecule has 11 fully saturated rings. The zero-order chi connectivity index (χ0) is 37.8. The van der Waals surface area contributed by atoms with Gasteiger partial charge in [0, 0.05) is 51.6 Å². The molecule has 12 nitrogen and oxygen atoms in total. The summed E-state index contributed by atoms with van der Waals surface area (Å²) in [5.41, 5.74) is 2.25. The van der Waals surface area contributed by atoms with Gasteiger partial charge in [0.25, 0.3) is 0 Å². The van der Waals surface area contributed by atoms with Crippen LogP contribution in [-0.2, 0) is 56.9 Å². The second-order valence-corrected chi connectivity index (χ2v) is 19.0. The molecule has 12 heteroatoms. The number of carbonyl (C=O) groups is 1. The van der Waals surface area contributed by atoms with Crippen LogP contribution in [0, 0.1) is 11.8 Å². The van der Waals surface area contributed by atoms with E-state index in [2.05, 4.69) is 20.1 Å². The van der Waals surface area contributed by atoms with E-state index in [9.17, 15) is 4.79 Å². The molecule has 0 aromatic rings. The highest BCUT2D eigenvalue weighted by Gasteiger charge is 2.68. The van der Waals surface area contributed by atoms with Crippen molar-refractivity contribution in [1.29, 1.82) is 0 Å². The standard InChI is InChI=1S/C43H62O12/c1-21-13-25-7-9-30-22(2)14-27(47-30)11-12-43-19-35-38(54-43)39-40(52-35)41(55-43)37-31(51-39)10-8-26(49-37)15-24(44)16-29-33(18-32(48-25)23(21)3)50-34(36(29)45-6)17-28-20-46-42(4,5)53-28/h21,25-41H,2-3,7-20H2,1,4-6H3/t21-,25+,26-,27?,28+,29+,30+,31+,32-,33+,34-,35-,36-,37+,38?,39+,40?,41?,43+/m1/s1. The lowest BCUT2D eigenvalue weighted by Crippen LogP contribution is -2.61. The quantitative estimate of drug-likeness (QED) is 0.348. The lowest BCUT2D eigenvalue weighted by atomic mass is 9.81. The van der Waals surface area contributed by atoms with Gasteiger partial charge in [-0.05, 0) is 75.9 Å². The molecule has 0 aromatic heterocycles. The predicted molar refractivity (Wildman–Crippen MR) is 196 cm³/mol. The monoisotopic (exact) mass is 770 g/mol. The minimum Gasteiger partial charge on any atom is -0.378 e. The normalized spacial score (nSPS) is 53.3. The Hall–Kier alpha value is -1.29. The third kappa shape index (κ3) is 7.04. The van der Waals surface area contributed by atoms with Gasteiger partial charge in [-0.25, -0.2) is 0 Å². The van der Waals surface area contributed by atoms with E-state index in [1.54, 1.807) is 7.11 Å². The summed E-state index contributed by atoms with van der Waals surface area (Å²) in [7, 11) is 1.73. The summed E-state index contributed by atoms with van der Waals surface area (Å²) in [6, 6.07) is 0. The molecule has 11 saturated heterocycles. The van der Waals surface area contributed by atoms with Gasteiger partial charge >= 0.3 is 0 Å². The second kappa shape index (κ2) is 14.5. The molecular formula is C43H62O12. The van der Waals surface area contributed by atoms with Crippen molar-refractivity contribution in [3.8, 4) is 0 Å². The van der Waals surface area contributed by atoms with Crippen molar-refractivity contribution in [3.05, 3.63) is 24.3 Å². The topological polar surface area (TPSA) is 119 Å². The Kier molecular flexibility index (Phi) is 9.98. The van der Waals surface area contributed by atoms with E-state index >= 15 is 0 Å². The molecule has 4 unspecified atom stereocenters. The SMILES string of the molecule is C=C1CC2CC[C@@]34C[C@H]5OC6C(O3)[C@H]3O[C@H](CC[C@@H]3O[C@H]6C5O4)CC(=O)C[C@@H]3[C@@H](OC)[C@@H](C[C@H]4COC(C)(C)O4)O[C@H]3C[C@H]3O[C@@H](CC[C@@H]1O2)C[C@@H](C)C3=C. The molecule has 11 aliphatic heterocycles. The number of ketones is 1. The first-order valence-corrected chi connectivity index (χ1v) is 21.4. The molecule has 11 heterocycles. The zero-order valence-corrected chi connectivity index (χ0v) is 33.1. The number of rotatable bonds is 3. The van der Waals surface area contributed by atoms with Crippen LogP contribution >= 0.6 is 0 Å². The van der Waals surface area contributed by atoms with E-state index < -0.39 is 11.6 Å². The fourth-order valence-corrected chi connectivity index (χ4v) is 12.1. The van der Waals surface area contributed by atoms with Crippen molar-refractivity contribution in [2.45, 2.75) is 213 Å². The van der Waals surface area contributed by atoms with E-state index in [1.807, 2.05) is 13.8 Å². The van der Waals surface area contributed by atoms with Crippen LogP contribution in [0.3, 0.4) is 0 Å². The summed E-state index contributed by atoms with van der Waals surface area (Å²) in [5, 5.41) is 0. The largest absolute Gasteiger partial charge is 0.378 e. The summed E-state index contributed by atoms with van der Waals surface area (Å²) in [6.07, 6.45) is 6.46. The van der Waals surface area contributed by atoms with E-state index in [0.717, 1.165) is 56.1 Å². The fourth-order valence-electron chi connectivity index (χ4n) is 12.1.